The molecule has 0 aliphatic rings. The summed E-state index contributed by atoms with van der Waals surface area (Å²) in [6.07, 6.45) is 0. The second kappa shape index (κ2) is 6.01. The normalized spacial score (nSPS) is 10.8. The van der Waals surface area contributed by atoms with Crippen molar-refractivity contribution in [3.8, 4) is 11.5 Å². The first-order chi connectivity index (χ1) is 11.0. The van der Waals surface area contributed by atoms with Crippen LogP contribution < -0.4 is 14.8 Å². The SMILES string of the molecule is COc1cc(NC(=O)c2nn3c(C)nnc3s2)c(OC)cc1Cl. The molecule has 0 radical (unpaired) electrons. The Morgan fingerprint density at radius 2 is 2.00 bits per heavy atom. The van der Waals surface area contributed by atoms with Gasteiger partial charge in [-0.2, -0.15) is 4.52 Å². The van der Waals surface area contributed by atoms with Crippen LogP contribution in [0.15, 0.2) is 12.1 Å². The maximum atomic E-state index is 12.4. The van der Waals surface area contributed by atoms with Gasteiger partial charge in [0.05, 0.1) is 24.9 Å². The van der Waals surface area contributed by atoms with Gasteiger partial charge in [-0.05, 0) is 6.92 Å². The first kappa shape index (κ1) is 15.5. The molecule has 0 bridgehead atoms. The number of fused-ring (bicyclic) bond motifs is 1. The monoisotopic (exact) mass is 353 g/mol. The number of methoxy groups -OCH3 is 2. The second-order valence-corrected chi connectivity index (χ2v) is 5.85. The van der Waals surface area contributed by atoms with E-state index in [1.54, 1.807) is 19.1 Å². The van der Waals surface area contributed by atoms with Crippen LogP contribution in [0.25, 0.3) is 4.96 Å². The van der Waals surface area contributed by atoms with Gasteiger partial charge < -0.3 is 14.8 Å². The number of carbonyl (C=O) groups is 1. The first-order valence-electron chi connectivity index (χ1n) is 6.45. The number of carbonyl (C=O) groups excluding carboxylic acids is 1. The van der Waals surface area contributed by atoms with E-state index in [0.717, 1.165) is 11.3 Å². The number of rotatable bonds is 4. The predicted molar refractivity (Wildman–Crippen MR) is 85.9 cm³/mol. The highest BCUT2D eigenvalue weighted by atomic mass is 35.5. The molecule has 3 rings (SSSR count). The maximum Gasteiger partial charge on any atom is 0.286 e. The van der Waals surface area contributed by atoms with Gasteiger partial charge in [0.2, 0.25) is 9.97 Å². The fourth-order valence-electron chi connectivity index (χ4n) is 1.94. The molecule has 0 atom stereocenters. The molecule has 3 aromatic rings. The Kier molecular flexibility index (Phi) is 4.05. The van der Waals surface area contributed by atoms with Crippen molar-refractivity contribution in [1.82, 2.24) is 19.8 Å². The number of hydrogen-bond acceptors (Lipinski definition) is 7. The number of benzene rings is 1. The van der Waals surface area contributed by atoms with Crippen molar-refractivity contribution >= 4 is 39.5 Å². The zero-order chi connectivity index (χ0) is 16.6. The Labute approximate surface area is 140 Å². The van der Waals surface area contributed by atoms with Crippen LogP contribution in [0, 0.1) is 6.92 Å². The van der Waals surface area contributed by atoms with Gasteiger partial charge in [-0.1, -0.05) is 22.9 Å². The molecule has 0 spiro atoms. The van der Waals surface area contributed by atoms with Crippen molar-refractivity contribution < 1.29 is 14.3 Å². The summed E-state index contributed by atoms with van der Waals surface area (Å²) in [4.78, 5) is 12.9. The van der Waals surface area contributed by atoms with Crippen molar-refractivity contribution in [2.24, 2.45) is 0 Å². The number of amides is 1. The molecular weight excluding hydrogens is 342 g/mol. The number of anilines is 1. The molecule has 1 amide bonds. The predicted octanol–water partition coefficient (Wildman–Crippen LogP) is 2.42. The lowest BCUT2D eigenvalue weighted by Gasteiger charge is -2.12. The van der Waals surface area contributed by atoms with Gasteiger partial charge in [-0.3, -0.25) is 4.79 Å². The number of aromatic nitrogens is 4. The Morgan fingerprint density at radius 3 is 2.65 bits per heavy atom. The van der Waals surface area contributed by atoms with E-state index in [0.29, 0.717) is 33.0 Å². The molecule has 0 aliphatic carbocycles. The highest BCUT2D eigenvalue weighted by Crippen LogP contribution is 2.36. The van der Waals surface area contributed by atoms with Gasteiger partial charge >= 0.3 is 0 Å². The fraction of sp³-hybridized carbons (Fsp3) is 0.231. The highest BCUT2D eigenvalue weighted by Gasteiger charge is 2.18. The van der Waals surface area contributed by atoms with Gasteiger partial charge in [0.15, 0.2) is 5.82 Å². The Bertz CT molecular complexity index is 891. The molecule has 23 heavy (non-hydrogen) atoms. The van der Waals surface area contributed by atoms with E-state index in [9.17, 15) is 4.79 Å². The summed E-state index contributed by atoms with van der Waals surface area (Å²) < 4.78 is 11.9. The van der Waals surface area contributed by atoms with E-state index in [1.165, 1.54) is 18.7 Å². The summed E-state index contributed by atoms with van der Waals surface area (Å²) in [6.45, 7) is 1.76. The van der Waals surface area contributed by atoms with Crippen molar-refractivity contribution in [3.05, 3.63) is 28.0 Å². The third kappa shape index (κ3) is 2.80. The van der Waals surface area contributed by atoms with Gasteiger partial charge in [0, 0.05) is 12.1 Å². The van der Waals surface area contributed by atoms with Crippen molar-refractivity contribution in [2.75, 3.05) is 19.5 Å². The molecule has 0 saturated carbocycles. The minimum Gasteiger partial charge on any atom is -0.495 e. The van der Waals surface area contributed by atoms with Gasteiger partial charge in [0.1, 0.15) is 11.5 Å². The van der Waals surface area contributed by atoms with Crippen LogP contribution in [0.4, 0.5) is 5.69 Å². The lowest BCUT2D eigenvalue weighted by molar-refractivity contribution is 0.102. The fourth-order valence-corrected chi connectivity index (χ4v) is 2.95. The van der Waals surface area contributed by atoms with Crippen LogP contribution in [0.5, 0.6) is 11.5 Å². The lowest BCUT2D eigenvalue weighted by Crippen LogP contribution is -2.13. The van der Waals surface area contributed by atoms with E-state index >= 15 is 0 Å². The van der Waals surface area contributed by atoms with Gasteiger partial charge in [-0.15, -0.1) is 15.3 Å². The number of nitrogens with one attached hydrogen (secondary N) is 1. The molecule has 0 unspecified atom stereocenters. The summed E-state index contributed by atoms with van der Waals surface area (Å²) in [5, 5.41) is 15.4. The number of aryl methyl sites for hydroxylation is 1. The van der Waals surface area contributed by atoms with E-state index in [-0.39, 0.29) is 10.9 Å². The molecule has 0 fully saturated rings. The van der Waals surface area contributed by atoms with Crippen LogP contribution >= 0.6 is 22.9 Å². The average molecular weight is 354 g/mol. The first-order valence-corrected chi connectivity index (χ1v) is 7.64. The molecular formula is C13H12ClN5O3S. The molecule has 10 heteroatoms. The summed E-state index contributed by atoms with van der Waals surface area (Å²) in [6, 6.07) is 3.16. The Morgan fingerprint density at radius 1 is 1.26 bits per heavy atom. The van der Waals surface area contributed by atoms with Gasteiger partial charge in [-0.25, -0.2) is 0 Å². The number of halogens is 1. The summed E-state index contributed by atoms with van der Waals surface area (Å²) in [5.74, 6) is 1.07. The zero-order valence-electron chi connectivity index (χ0n) is 12.5. The van der Waals surface area contributed by atoms with Gasteiger partial charge in [0.25, 0.3) is 5.91 Å². The van der Waals surface area contributed by atoms with Crippen molar-refractivity contribution in [1.29, 1.82) is 0 Å². The molecule has 120 valence electrons. The third-order valence-corrected chi connectivity index (χ3v) is 4.26. The maximum absolute atomic E-state index is 12.4. The Balaban J connectivity index is 1.92. The highest BCUT2D eigenvalue weighted by molar-refractivity contribution is 7.18. The van der Waals surface area contributed by atoms with Crippen LogP contribution in [0.1, 0.15) is 15.6 Å². The molecule has 2 aromatic heterocycles. The molecule has 8 nitrogen and oxygen atoms in total. The largest absolute Gasteiger partial charge is 0.495 e. The van der Waals surface area contributed by atoms with Crippen molar-refractivity contribution in [2.45, 2.75) is 6.92 Å². The third-order valence-electron chi connectivity index (χ3n) is 3.06. The smallest absolute Gasteiger partial charge is 0.286 e. The average Bonchev–Trinajstić information content (AvgIpc) is 3.11. The Hall–Kier alpha value is -2.39. The minimum absolute atomic E-state index is 0.258. The van der Waals surface area contributed by atoms with Crippen molar-refractivity contribution in [3.63, 3.8) is 0 Å². The minimum atomic E-state index is -0.387. The summed E-state index contributed by atoms with van der Waals surface area (Å²) in [5.41, 5.74) is 0.432. The lowest BCUT2D eigenvalue weighted by atomic mass is 10.2. The molecule has 1 aromatic carbocycles. The van der Waals surface area contributed by atoms with Crippen LogP contribution in [-0.2, 0) is 0 Å². The number of ether oxygens (including phenoxy) is 2. The van der Waals surface area contributed by atoms with Crippen LogP contribution in [-0.4, -0.2) is 39.9 Å². The molecule has 2 heterocycles. The quantitative estimate of drug-likeness (QED) is 0.774. The van der Waals surface area contributed by atoms with Crippen LogP contribution in [0.3, 0.4) is 0 Å². The molecule has 0 aliphatic heterocycles. The standard InChI is InChI=1S/C13H12ClN5O3S/c1-6-16-17-13-19(6)18-12(23-13)11(20)15-8-5-9(21-2)7(14)4-10(8)22-3/h4-5H,1-3H3,(H,15,20). The number of hydrogen-bond donors (Lipinski definition) is 1. The van der Waals surface area contributed by atoms with Crippen LogP contribution in [0.2, 0.25) is 5.02 Å². The topological polar surface area (TPSA) is 90.6 Å². The molecule has 1 N–H and O–H groups in total. The van der Waals surface area contributed by atoms with E-state index in [4.69, 9.17) is 21.1 Å². The summed E-state index contributed by atoms with van der Waals surface area (Å²) >= 11 is 7.18. The number of nitrogens with zero attached hydrogens (tertiary/aromatic N) is 4. The van der Waals surface area contributed by atoms with E-state index in [2.05, 4.69) is 20.6 Å². The van der Waals surface area contributed by atoms with E-state index in [1.807, 2.05) is 0 Å². The summed E-state index contributed by atoms with van der Waals surface area (Å²) in [7, 11) is 2.98. The second-order valence-electron chi connectivity index (χ2n) is 4.49. The zero-order valence-corrected chi connectivity index (χ0v) is 14.0. The van der Waals surface area contributed by atoms with E-state index < -0.39 is 0 Å². The molecule has 0 saturated heterocycles.